The number of carbonyl (C=O) groups excluding carboxylic acids is 1. The predicted molar refractivity (Wildman–Crippen MR) is 73.4 cm³/mol. The number of pyridine rings is 1. The van der Waals surface area contributed by atoms with E-state index in [0.29, 0.717) is 5.56 Å². The van der Waals surface area contributed by atoms with Crippen molar-refractivity contribution in [1.29, 1.82) is 0 Å². The molecule has 0 spiro atoms. The summed E-state index contributed by atoms with van der Waals surface area (Å²) in [6.07, 6.45) is 4.23. The number of hydrogen-bond acceptors (Lipinski definition) is 3. The molecule has 1 amide bonds. The van der Waals surface area contributed by atoms with Gasteiger partial charge in [-0.1, -0.05) is 15.9 Å². The van der Waals surface area contributed by atoms with Crippen molar-refractivity contribution in [3.05, 3.63) is 64.1 Å². The highest BCUT2D eigenvalue weighted by Gasteiger charge is 2.03. The lowest BCUT2D eigenvalue weighted by atomic mass is 10.2. The molecule has 0 saturated carbocycles. The highest BCUT2D eigenvalue weighted by molar-refractivity contribution is 9.10. The van der Waals surface area contributed by atoms with E-state index < -0.39 is 11.7 Å². The Hall–Kier alpha value is -2.08. The molecule has 6 heteroatoms. The molecule has 0 fully saturated rings. The van der Waals surface area contributed by atoms with Crippen LogP contribution in [0.5, 0.6) is 0 Å². The highest BCUT2D eigenvalue weighted by Crippen LogP contribution is 2.13. The topological polar surface area (TPSA) is 54.4 Å². The van der Waals surface area contributed by atoms with Crippen LogP contribution in [0.3, 0.4) is 0 Å². The molecule has 1 aromatic heterocycles. The van der Waals surface area contributed by atoms with Gasteiger partial charge in [0, 0.05) is 22.4 Å². The van der Waals surface area contributed by atoms with Gasteiger partial charge in [-0.15, -0.1) is 0 Å². The summed E-state index contributed by atoms with van der Waals surface area (Å²) < 4.78 is 14.1. The zero-order valence-electron chi connectivity index (χ0n) is 9.68. The van der Waals surface area contributed by atoms with E-state index >= 15 is 0 Å². The van der Waals surface area contributed by atoms with Crippen molar-refractivity contribution >= 4 is 28.1 Å². The Morgan fingerprint density at radius 1 is 1.42 bits per heavy atom. The van der Waals surface area contributed by atoms with Gasteiger partial charge in [0.15, 0.2) is 0 Å². The van der Waals surface area contributed by atoms with Crippen molar-refractivity contribution in [3.63, 3.8) is 0 Å². The molecule has 2 rings (SSSR count). The Labute approximate surface area is 117 Å². The van der Waals surface area contributed by atoms with Crippen molar-refractivity contribution in [2.75, 3.05) is 0 Å². The van der Waals surface area contributed by atoms with Crippen molar-refractivity contribution in [2.45, 2.75) is 0 Å². The highest BCUT2D eigenvalue weighted by atomic mass is 79.9. The van der Waals surface area contributed by atoms with E-state index in [2.05, 4.69) is 31.4 Å². The van der Waals surface area contributed by atoms with Crippen LogP contribution in [-0.4, -0.2) is 17.1 Å². The first kappa shape index (κ1) is 13.4. The van der Waals surface area contributed by atoms with Gasteiger partial charge in [-0.3, -0.25) is 9.78 Å². The fraction of sp³-hybridized carbons (Fsp3) is 0. The van der Waals surface area contributed by atoms with Crippen LogP contribution in [0.1, 0.15) is 15.9 Å². The maximum atomic E-state index is 13.4. The number of aromatic nitrogens is 1. The molecule has 0 aliphatic carbocycles. The van der Waals surface area contributed by atoms with Gasteiger partial charge < -0.3 is 0 Å². The number of rotatable bonds is 3. The van der Waals surface area contributed by atoms with E-state index in [1.807, 2.05) is 0 Å². The Morgan fingerprint density at radius 2 is 2.26 bits per heavy atom. The van der Waals surface area contributed by atoms with Crippen LogP contribution in [0.25, 0.3) is 0 Å². The van der Waals surface area contributed by atoms with Gasteiger partial charge in [0.1, 0.15) is 5.82 Å². The number of carbonyl (C=O) groups is 1. The van der Waals surface area contributed by atoms with Crippen molar-refractivity contribution in [3.8, 4) is 0 Å². The first-order valence-corrected chi connectivity index (χ1v) is 6.14. The second kappa shape index (κ2) is 6.19. The maximum absolute atomic E-state index is 13.4. The standard InChI is InChI=1S/C13H9BrFN3O/c14-11-3-4-12(15)10(6-11)8-17-18-13(19)9-2-1-5-16-7-9/h1-8H,(H,18,19). The van der Waals surface area contributed by atoms with Gasteiger partial charge in [0.05, 0.1) is 11.8 Å². The van der Waals surface area contributed by atoms with Crippen molar-refractivity contribution in [2.24, 2.45) is 5.10 Å². The number of nitrogens with one attached hydrogen (secondary N) is 1. The number of halogens is 2. The van der Waals surface area contributed by atoms with E-state index in [1.54, 1.807) is 30.5 Å². The minimum absolute atomic E-state index is 0.279. The largest absolute Gasteiger partial charge is 0.272 e. The summed E-state index contributed by atoms with van der Waals surface area (Å²) in [5.41, 5.74) is 2.96. The van der Waals surface area contributed by atoms with Gasteiger partial charge in [0.25, 0.3) is 5.91 Å². The number of benzene rings is 1. The van der Waals surface area contributed by atoms with E-state index in [9.17, 15) is 9.18 Å². The van der Waals surface area contributed by atoms with Gasteiger partial charge in [0.2, 0.25) is 0 Å². The molecule has 0 bridgehead atoms. The summed E-state index contributed by atoms with van der Waals surface area (Å²) in [7, 11) is 0. The molecule has 2 aromatic rings. The quantitative estimate of drug-likeness (QED) is 0.698. The van der Waals surface area contributed by atoms with Crippen LogP contribution >= 0.6 is 15.9 Å². The molecule has 4 nitrogen and oxygen atoms in total. The zero-order valence-corrected chi connectivity index (χ0v) is 11.3. The van der Waals surface area contributed by atoms with Crippen LogP contribution in [-0.2, 0) is 0 Å². The van der Waals surface area contributed by atoms with E-state index in [1.165, 1.54) is 18.5 Å². The minimum atomic E-state index is -0.414. The SMILES string of the molecule is O=C(NN=Cc1cc(Br)ccc1F)c1cccnc1. The summed E-state index contributed by atoms with van der Waals surface area (Å²) in [5.74, 6) is -0.817. The number of hydrogen-bond donors (Lipinski definition) is 1. The molecule has 1 N–H and O–H groups in total. The van der Waals surface area contributed by atoms with Gasteiger partial charge in [-0.25, -0.2) is 9.82 Å². The van der Waals surface area contributed by atoms with Gasteiger partial charge in [-0.2, -0.15) is 5.10 Å². The van der Waals surface area contributed by atoms with Crippen molar-refractivity contribution < 1.29 is 9.18 Å². The second-order valence-electron chi connectivity index (χ2n) is 3.61. The molecule has 0 radical (unpaired) electrons. The lowest BCUT2D eigenvalue weighted by Gasteiger charge is -1.99. The number of hydrazone groups is 1. The van der Waals surface area contributed by atoms with Crippen LogP contribution in [0.4, 0.5) is 4.39 Å². The second-order valence-corrected chi connectivity index (χ2v) is 4.52. The van der Waals surface area contributed by atoms with Crippen LogP contribution < -0.4 is 5.43 Å². The third kappa shape index (κ3) is 3.69. The Bertz CT molecular complexity index is 617. The molecule has 0 unspecified atom stereocenters. The lowest BCUT2D eigenvalue weighted by Crippen LogP contribution is -2.17. The summed E-state index contributed by atoms with van der Waals surface area (Å²) in [6.45, 7) is 0. The van der Waals surface area contributed by atoms with E-state index in [0.717, 1.165) is 4.47 Å². The van der Waals surface area contributed by atoms with Crippen LogP contribution in [0.15, 0.2) is 52.3 Å². The molecular weight excluding hydrogens is 313 g/mol. The van der Waals surface area contributed by atoms with Crippen molar-refractivity contribution in [1.82, 2.24) is 10.4 Å². The molecular formula is C13H9BrFN3O. The molecule has 1 heterocycles. The number of amides is 1. The van der Waals surface area contributed by atoms with Gasteiger partial charge >= 0.3 is 0 Å². The first-order valence-electron chi connectivity index (χ1n) is 5.35. The minimum Gasteiger partial charge on any atom is -0.267 e. The summed E-state index contributed by atoms with van der Waals surface area (Å²) in [4.78, 5) is 15.4. The third-order valence-corrected chi connectivity index (χ3v) is 2.74. The average molecular weight is 322 g/mol. The van der Waals surface area contributed by atoms with E-state index in [4.69, 9.17) is 0 Å². The molecule has 0 atom stereocenters. The maximum Gasteiger partial charge on any atom is 0.272 e. The average Bonchev–Trinajstić information content (AvgIpc) is 2.43. The monoisotopic (exact) mass is 321 g/mol. The molecule has 0 saturated heterocycles. The number of nitrogens with zero attached hydrogens (tertiary/aromatic N) is 2. The summed E-state index contributed by atoms with van der Waals surface area (Å²) >= 11 is 3.23. The fourth-order valence-electron chi connectivity index (χ4n) is 1.34. The summed E-state index contributed by atoms with van der Waals surface area (Å²) in [5, 5.41) is 3.71. The first-order chi connectivity index (χ1) is 9.16. The third-order valence-electron chi connectivity index (χ3n) is 2.25. The molecule has 0 aliphatic rings. The zero-order chi connectivity index (χ0) is 13.7. The lowest BCUT2D eigenvalue weighted by molar-refractivity contribution is 0.0955. The summed E-state index contributed by atoms with van der Waals surface area (Å²) in [6, 6.07) is 7.72. The Balaban J connectivity index is 2.04. The van der Waals surface area contributed by atoms with E-state index in [-0.39, 0.29) is 5.56 Å². The Kier molecular flexibility index (Phi) is 4.35. The smallest absolute Gasteiger partial charge is 0.267 e. The molecule has 0 aliphatic heterocycles. The van der Waals surface area contributed by atoms with Crippen LogP contribution in [0, 0.1) is 5.82 Å². The van der Waals surface area contributed by atoms with Crippen LogP contribution in [0.2, 0.25) is 0 Å². The normalized spacial score (nSPS) is 10.6. The molecule has 19 heavy (non-hydrogen) atoms. The molecule has 1 aromatic carbocycles. The van der Waals surface area contributed by atoms with Gasteiger partial charge in [-0.05, 0) is 30.3 Å². The predicted octanol–water partition coefficient (Wildman–Crippen LogP) is 2.75. The Morgan fingerprint density at radius 3 is 3.00 bits per heavy atom. The fourth-order valence-corrected chi connectivity index (χ4v) is 1.71. The molecule has 96 valence electrons.